The lowest BCUT2D eigenvalue weighted by Crippen LogP contribution is -2.40. The largest absolute Gasteiger partial charge is 0.341 e. The van der Waals surface area contributed by atoms with Crippen molar-refractivity contribution in [3.63, 3.8) is 0 Å². The van der Waals surface area contributed by atoms with Crippen molar-refractivity contribution < 1.29 is 4.79 Å². The van der Waals surface area contributed by atoms with Crippen molar-refractivity contribution in [1.29, 1.82) is 0 Å². The van der Waals surface area contributed by atoms with E-state index in [1.807, 2.05) is 35.6 Å². The van der Waals surface area contributed by atoms with Crippen LogP contribution in [-0.2, 0) is 11.2 Å². The van der Waals surface area contributed by atoms with E-state index >= 15 is 0 Å². The molecule has 1 aliphatic heterocycles. The summed E-state index contributed by atoms with van der Waals surface area (Å²) in [6, 6.07) is 6.29. The van der Waals surface area contributed by atoms with Crippen molar-refractivity contribution in [2.75, 3.05) is 13.1 Å². The molecule has 5 nitrogen and oxygen atoms in total. The fraction of sp³-hybridized carbons (Fsp3) is 0.471. The number of nitrogens with zero attached hydrogens (tertiary/aromatic N) is 4. The van der Waals surface area contributed by atoms with E-state index in [4.69, 9.17) is 0 Å². The first-order chi connectivity index (χ1) is 10.8. The van der Waals surface area contributed by atoms with Crippen molar-refractivity contribution in [2.45, 2.75) is 38.1 Å². The van der Waals surface area contributed by atoms with Crippen LogP contribution in [0.1, 0.15) is 37.4 Å². The molecule has 22 heavy (non-hydrogen) atoms. The number of carbonyl (C=O) groups excluding carboxylic acids is 1. The zero-order chi connectivity index (χ0) is 15.2. The van der Waals surface area contributed by atoms with Gasteiger partial charge in [0.2, 0.25) is 5.91 Å². The van der Waals surface area contributed by atoms with E-state index in [2.05, 4.69) is 14.5 Å². The Morgan fingerprint density at radius 2 is 2.27 bits per heavy atom. The molecule has 1 saturated heterocycles. The second kappa shape index (κ2) is 7.20. The number of imidazole rings is 1. The Kier molecular flexibility index (Phi) is 4.83. The molecule has 0 bridgehead atoms. The quantitative estimate of drug-likeness (QED) is 0.852. The molecule has 1 unspecified atom stereocenters. The van der Waals surface area contributed by atoms with Gasteiger partial charge in [0.05, 0.1) is 12.4 Å². The Hall–Kier alpha value is -2.17. The zero-order valence-electron chi connectivity index (χ0n) is 12.8. The van der Waals surface area contributed by atoms with Crippen molar-refractivity contribution in [1.82, 2.24) is 19.4 Å². The van der Waals surface area contributed by atoms with Gasteiger partial charge in [0, 0.05) is 43.8 Å². The van der Waals surface area contributed by atoms with Gasteiger partial charge in [-0.25, -0.2) is 4.98 Å². The van der Waals surface area contributed by atoms with Gasteiger partial charge >= 0.3 is 0 Å². The first-order valence-corrected chi connectivity index (χ1v) is 7.98. The Bertz CT molecular complexity index is 582. The number of hydrogen-bond acceptors (Lipinski definition) is 3. The van der Waals surface area contributed by atoms with E-state index in [1.165, 1.54) is 0 Å². The fourth-order valence-corrected chi connectivity index (χ4v) is 3.03. The molecular formula is C17H22N4O. The van der Waals surface area contributed by atoms with Crippen LogP contribution in [-0.4, -0.2) is 38.4 Å². The second-order valence-corrected chi connectivity index (χ2v) is 5.82. The maximum Gasteiger partial charge on any atom is 0.222 e. The molecule has 1 atom stereocenters. The molecule has 0 spiro atoms. The van der Waals surface area contributed by atoms with Crippen molar-refractivity contribution in [3.8, 4) is 0 Å². The van der Waals surface area contributed by atoms with E-state index in [-0.39, 0.29) is 5.91 Å². The van der Waals surface area contributed by atoms with E-state index in [0.29, 0.717) is 12.5 Å². The molecule has 3 rings (SSSR count). The highest BCUT2D eigenvalue weighted by Crippen LogP contribution is 2.21. The number of aromatic nitrogens is 3. The third-order valence-electron chi connectivity index (χ3n) is 4.25. The predicted octanol–water partition coefficient (Wildman–Crippen LogP) is 2.46. The van der Waals surface area contributed by atoms with E-state index < -0.39 is 0 Å². The smallest absolute Gasteiger partial charge is 0.222 e. The van der Waals surface area contributed by atoms with Crippen LogP contribution in [0, 0.1) is 0 Å². The summed E-state index contributed by atoms with van der Waals surface area (Å²) in [7, 11) is 0. The van der Waals surface area contributed by atoms with Gasteiger partial charge in [0.25, 0.3) is 0 Å². The number of aryl methyl sites for hydroxylation is 1. The third-order valence-corrected chi connectivity index (χ3v) is 4.25. The molecule has 2 aromatic heterocycles. The van der Waals surface area contributed by atoms with Gasteiger partial charge in [-0.3, -0.25) is 9.78 Å². The highest BCUT2D eigenvalue weighted by molar-refractivity contribution is 5.76. The zero-order valence-corrected chi connectivity index (χ0v) is 12.8. The lowest BCUT2D eigenvalue weighted by Gasteiger charge is -2.33. The summed E-state index contributed by atoms with van der Waals surface area (Å²) in [4.78, 5) is 22.8. The highest BCUT2D eigenvalue weighted by atomic mass is 16.2. The van der Waals surface area contributed by atoms with Crippen molar-refractivity contribution in [2.24, 2.45) is 0 Å². The third kappa shape index (κ3) is 3.72. The standard InChI is InChI=1S/C17H22N4O/c22-17(8-3-6-15-5-1-2-9-19-15)20-11-4-7-16(13-20)21-12-10-18-14-21/h1-2,5,9-10,12,14,16H,3-4,6-8,11,13H2. The number of carbonyl (C=O) groups is 1. The number of hydrogen-bond donors (Lipinski definition) is 0. The topological polar surface area (TPSA) is 51.0 Å². The summed E-state index contributed by atoms with van der Waals surface area (Å²) in [6.07, 6.45) is 12.0. The monoisotopic (exact) mass is 298 g/mol. The van der Waals surface area contributed by atoms with Gasteiger partial charge in [-0.2, -0.15) is 0 Å². The Balaban J connectivity index is 1.47. The minimum atomic E-state index is 0.265. The molecule has 3 heterocycles. The lowest BCUT2D eigenvalue weighted by molar-refractivity contribution is -0.132. The molecule has 1 amide bonds. The lowest BCUT2D eigenvalue weighted by atomic mass is 10.0. The maximum atomic E-state index is 12.4. The number of piperidine rings is 1. The molecule has 2 aromatic rings. The Labute approximate surface area is 131 Å². The van der Waals surface area contributed by atoms with Crippen LogP contribution in [0.4, 0.5) is 0 Å². The Morgan fingerprint density at radius 1 is 1.32 bits per heavy atom. The van der Waals surface area contributed by atoms with Gasteiger partial charge in [-0.15, -0.1) is 0 Å². The SMILES string of the molecule is O=C(CCCc1ccccn1)N1CCCC(n2ccnc2)C1. The van der Waals surface area contributed by atoms with Crippen LogP contribution in [0.5, 0.6) is 0 Å². The minimum Gasteiger partial charge on any atom is -0.341 e. The molecule has 5 heteroatoms. The predicted molar refractivity (Wildman–Crippen MR) is 84.3 cm³/mol. The van der Waals surface area contributed by atoms with Crippen LogP contribution in [0.2, 0.25) is 0 Å². The summed E-state index contributed by atoms with van der Waals surface area (Å²) in [5.74, 6) is 0.265. The fourth-order valence-electron chi connectivity index (χ4n) is 3.03. The van der Waals surface area contributed by atoms with Gasteiger partial charge in [0.15, 0.2) is 0 Å². The number of likely N-dealkylation sites (tertiary alicyclic amines) is 1. The maximum absolute atomic E-state index is 12.4. The number of pyridine rings is 1. The highest BCUT2D eigenvalue weighted by Gasteiger charge is 2.23. The van der Waals surface area contributed by atoms with E-state index in [9.17, 15) is 4.79 Å². The minimum absolute atomic E-state index is 0.265. The van der Waals surface area contributed by atoms with E-state index in [1.54, 1.807) is 12.4 Å². The van der Waals surface area contributed by atoms with Crippen LogP contribution >= 0.6 is 0 Å². The number of rotatable bonds is 5. The first-order valence-electron chi connectivity index (χ1n) is 7.98. The van der Waals surface area contributed by atoms with Crippen LogP contribution in [0.15, 0.2) is 43.1 Å². The van der Waals surface area contributed by atoms with Gasteiger partial charge in [-0.1, -0.05) is 6.07 Å². The van der Waals surface area contributed by atoms with Crippen molar-refractivity contribution >= 4 is 5.91 Å². The normalized spacial score (nSPS) is 18.4. The molecule has 1 aliphatic rings. The molecule has 0 radical (unpaired) electrons. The van der Waals surface area contributed by atoms with Crippen LogP contribution in [0.3, 0.4) is 0 Å². The summed E-state index contributed by atoms with van der Waals surface area (Å²) < 4.78 is 2.12. The van der Waals surface area contributed by atoms with Gasteiger partial charge in [0.1, 0.15) is 0 Å². The van der Waals surface area contributed by atoms with Gasteiger partial charge < -0.3 is 9.47 Å². The molecule has 1 fully saturated rings. The van der Waals surface area contributed by atoms with E-state index in [0.717, 1.165) is 44.5 Å². The molecule has 0 aliphatic carbocycles. The summed E-state index contributed by atoms with van der Waals surface area (Å²) in [5, 5.41) is 0. The number of amides is 1. The second-order valence-electron chi connectivity index (χ2n) is 5.82. The van der Waals surface area contributed by atoms with Crippen LogP contribution in [0.25, 0.3) is 0 Å². The molecule has 0 N–H and O–H groups in total. The molecule has 116 valence electrons. The Morgan fingerprint density at radius 3 is 3.05 bits per heavy atom. The molecule has 0 aromatic carbocycles. The van der Waals surface area contributed by atoms with Crippen molar-refractivity contribution in [3.05, 3.63) is 48.8 Å². The molecule has 0 saturated carbocycles. The summed E-state index contributed by atoms with van der Waals surface area (Å²) in [6.45, 7) is 1.69. The first kappa shape index (κ1) is 14.8. The van der Waals surface area contributed by atoms with Crippen LogP contribution < -0.4 is 0 Å². The van der Waals surface area contributed by atoms with Gasteiger partial charge in [-0.05, 0) is 37.8 Å². The average molecular weight is 298 g/mol. The molecular weight excluding hydrogens is 276 g/mol. The summed E-state index contributed by atoms with van der Waals surface area (Å²) >= 11 is 0. The summed E-state index contributed by atoms with van der Waals surface area (Å²) in [5.41, 5.74) is 1.06. The average Bonchev–Trinajstić information content (AvgIpc) is 3.10.